The van der Waals surface area contributed by atoms with E-state index >= 15 is 0 Å². The minimum atomic E-state index is -0.619. The zero-order valence-corrected chi connectivity index (χ0v) is 13.2. The fraction of sp³-hybridized carbons (Fsp3) is 0.571. The first-order valence-corrected chi connectivity index (χ1v) is 7.20. The molecule has 0 saturated heterocycles. The van der Waals surface area contributed by atoms with Crippen LogP contribution in [0.2, 0.25) is 0 Å². The highest BCUT2D eigenvalue weighted by Crippen LogP contribution is 2.28. The van der Waals surface area contributed by atoms with Crippen LogP contribution in [0.4, 0.5) is 0 Å². The van der Waals surface area contributed by atoms with Crippen molar-refractivity contribution in [2.45, 2.75) is 26.0 Å². The van der Waals surface area contributed by atoms with Gasteiger partial charge in [-0.1, -0.05) is 28.9 Å². The maximum Gasteiger partial charge on any atom is 0.125 e. The average Bonchev–Trinajstić information content (AvgIpc) is 2.37. The van der Waals surface area contributed by atoms with Gasteiger partial charge in [0.2, 0.25) is 0 Å². The summed E-state index contributed by atoms with van der Waals surface area (Å²) < 4.78 is 11.5. The lowest BCUT2D eigenvalue weighted by Gasteiger charge is -2.19. The lowest BCUT2D eigenvalue weighted by molar-refractivity contribution is 0.0322. The smallest absolute Gasteiger partial charge is 0.125 e. The van der Waals surface area contributed by atoms with Crippen LogP contribution in [0.1, 0.15) is 25.5 Å². The Bertz CT molecular complexity index is 387. The van der Waals surface area contributed by atoms with Crippen LogP contribution in [0.3, 0.4) is 0 Å². The quantitative estimate of drug-likeness (QED) is 0.768. The summed E-state index contributed by atoms with van der Waals surface area (Å²) in [5, 5.41) is 13.0. The van der Waals surface area contributed by atoms with Gasteiger partial charge < -0.3 is 19.9 Å². The molecule has 0 heterocycles. The van der Waals surface area contributed by atoms with E-state index in [1.807, 2.05) is 18.2 Å². The van der Waals surface area contributed by atoms with Crippen LogP contribution in [-0.4, -0.2) is 38.1 Å². The molecule has 1 rings (SSSR count). The third kappa shape index (κ3) is 5.48. The number of hydrogen-bond donors (Lipinski definition) is 2. The number of methoxy groups -OCH3 is 1. The first kappa shape index (κ1) is 16.4. The molecule has 0 aliphatic heterocycles. The van der Waals surface area contributed by atoms with E-state index in [9.17, 15) is 5.11 Å². The topological polar surface area (TPSA) is 50.7 Å². The number of ether oxygens (including phenoxy) is 2. The fourth-order valence-electron chi connectivity index (χ4n) is 1.83. The summed E-state index contributed by atoms with van der Waals surface area (Å²) in [6.07, 6.45) is -0.619. The molecule has 2 N–H and O–H groups in total. The second-order valence-corrected chi connectivity index (χ2v) is 5.30. The lowest BCUT2D eigenvalue weighted by atomic mass is 10.1. The van der Waals surface area contributed by atoms with Gasteiger partial charge in [0, 0.05) is 23.2 Å². The summed E-state index contributed by atoms with van der Waals surface area (Å²) in [6, 6.07) is 6.13. The number of nitrogens with one attached hydrogen (secondary N) is 1. The van der Waals surface area contributed by atoms with Gasteiger partial charge in [0.15, 0.2) is 0 Å². The Balaban J connectivity index is 2.76. The van der Waals surface area contributed by atoms with E-state index in [1.54, 1.807) is 7.11 Å². The normalized spacial score (nSPS) is 14.2. The van der Waals surface area contributed by atoms with Crippen molar-refractivity contribution in [3.05, 3.63) is 28.2 Å². The second kappa shape index (κ2) is 8.53. The molecule has 0 aromatic heterocycles. The van der Waals surface area contributed by atoms with Crippen molar-refractivity contribution in [2.75, 3.05) is 26.9 Å². The molecule has 2 unspecified atom stereocenters. The van der Waals surface area contributed by atoms with Gasteiger partial charge in [-0.05, 0) is 25.6 Å². The molecular formula is C14H22BrNO3. The number of benzene rings is 1. The molecule has 5 heteroatoms. The number of rotatable bonds is 8. The van der Waals surface area contributed by atoms with E-state index in [2.05, 4.69) is 35.1 Å². The van der Waals surface area contributed by atoms with Crippen molar-refractivity contribution >= 4 is 15.9 Å². The van der Waals surface area contributed by atoms with Crippen molar-refractivity contribution in [1.29, 1.82) is 0 Å². The van der Waals surface area contributed by atoms with Crippen molar-refractivity contribution in [3.63, 3.8) is 0 Å². The Hall–Kier alpha value is -0.620. The van der Waals surface area contributed by atoms with Crippen LogP contribution in [0, 0.1) is 0 Å². The van der Waals surface area contributed by atoms with Crippen LogP contribution in [-0.2, 0) is 4.74 Å². The Morgan fingerprint density at radius 3 is 2.74 bits per heavy atom. The van der Waals surface area contributed by atoms with Gasteiger partial charge in [-0.2, -0.15) is 0 Å². The summed E-state index contributed by atoms with van der Waals surface area (Å²) in [7, 11) is 1.56. The number of aliphatic hydroxyl groups excluding tert-OH is 1. The predicted molar refractivity (Wildman–Crippen MR) is 79.6 cm³/mol. The third-order valence-electron chi connectivity index (χ3n) is 2.74. The molecule has 0 saturated carbocycles. The van der Waals surface area contributed by atoms with E-state index in [-0.39, 0.29) is 19.3 Å². The summed E-state index contributed by atoms with van der Waals surface area (Å²) in [5.74, 6) is 0.776. The van der Waals surface area contributed by atoms with Crippen LogP contribution in [0.5, 0.6) is 5.75 Å². The van der Waals surface area contributed by atoms with E-state index in [4.69, 9.17) is 9.47 Å². The van der Waals surface area contributed by atoms with Crippen molar-refractivity contribution in [2.24, 2.45) is 0 Å². The van der Waals surface area contributed by atoms with Gasteiger partial charge in [0.25, 0.3) is 0 Å². The largest absolute Gasteiger partial charge is 0.490 e. The predicted octanol–water partition coefficient (Wildman–Crippen LogP) is 2.51. The molecule has 0 spiro atoms. The Morgan fingerprint density at radius 2 is 2.11 bits per heavy atom. The minimum Gasteiger partial charge on any atom is -0.490 e. The van der Waals surface area contributed by atoms with Crippen molar-refractivity contribution in [3.8, 4) is 5.75 Å². The van der Waals surface area contributed by atoms with E-state index in [0.717, 1.165) is 22.3 Å². The number of aliphatic hydroxyl groups is 1. The molecule has 1 aromatic carbocycles. The van der Waals surface area contributed by atoms with Crippen LogP contribution >= 0.6 is 15.9 Å². The third-order valence-corrected chi connectivity index (χ3v) is 3.24. The average molecular weight is 332 g/mol. The highest BCUT2D eigenvalue weighted by Gasteiger charge is 2.13. The number of halogens is 1. The van der Waals surface area contributed by atoms with Crippen LogP contribution < -0.4 is 10.1 Å². The minimum absolute atomic E-state index is 0.202. The van der Waals surface area contributed by atoms with E-state index < -0.39 is 6.10 Å². The summed E-state index contributed by atoms with van der Waals surface area (Å²) >= 11 is 3.43. The molecule has 0 amide bonds. The lowest BCUT2D eigenvalue weighted by Crippen LogP contribution is -2.24. The Morgan fingerprint density at radius 1 is 1.37 bits per heavy atom. The van der Waals surface area contributed by atoms with Gasteiger partial charge in [-0.3, -0.25) is 0 Å². The van der Waals surface area contributed by atoms with Crippen LogP contribution in [0.15, 0.2) is 22.7 Å². The zero-order chi connectivity index (χ0) is 14.3. The van der Waals surface area contributed by atoms with Crippen molar-refractivity contribution < 1.29 is 14.6 Å². The molecule has 0 aliphatic carbocycles. The summed E-state index contributed by atoms with van der Waals surface area (Å²) in [4.78, 5) is 0. The van der Waals surface area contributed by atoms with Gasteiger partial charge in [-0.15, -0.1) is 0 Å². The first-order valence-electron chi connectivity index (χ1n) is 6.41. The van der Waals surface area contributed by atoms with Crippen molar-refractivity contribution in [1.82, 2.24) is 5.32 Å². The van der Waals surface area contributed by atoms with Gasteiger partial charge in [0.1, 0.15) is 18.5 Å². The van der Waals surface area contributed by atoms with Gasteiger partial charge in [-0.25, -0.2) is 0 Å². The Labute approximate surface area is 123 Å². The Kier molecular flexibility index (Phi) is 7.38. The SMILES string of the molecule is CCNC(C)c1ccc(Br)cc1OCC(O)COC. The van der Waals surface area contributed by atoms with Gasteiger partial charge in [0.05, 0.1) is 6.61 Å². The summed E-state index contributed by atoms with van der Waals surface area (Å²) in [6.45, 7) is 5.54. The zero-order valence-electron chi connectivity index (χ0n) is 11.6. The molecule has 0 bridgehead atoms. The van der Waals surface area contributed by atoms with E-state index in [0.29, 0.717) is 0 Å². The van der Waals surface area contributed by atoms with E-state index in [1.165, 1.54) is 0 Å². The molecule has 1 aromatic rings. The molecular weight excluding hydrogens is 310 g/mol. The highest BCUT2D eigenvalue weighted by atomic mass is 79.9. The maximum atomic E-state index is 9.64. The fourth-order valence-corrected chi connectivity index (χ4v) is 2.17. The standard InChI is InChI=1S/C14H22BrNO3/c1-4-16-10(2)13-6-5-11(15)7-14(13)19-9-12(17)8-18-3/h5-7,10,12,16-17H,4,8-9H2,1-3H3. The molecule has 19 heavy (non-hydrogen) atoms. The second-order valence-electron chi connectivity index (χ2n) is 4.38. The number of hydrogen-bond acceptors (Lipinski definition) is 4. The molecule has 2 atom stereocenters. The van der Waals surface area contributed by atoms with Gasteiger partial charge >= 0.3 is 0 Å². The monoisotopic (exact) mass is 331 g/mol. The molecule has 0 radical (unpaired) electrons. The molecule has 108 valence electrons. The first-order chi connectivity index (χ1) is 9.08. The summed E-state index contributed by atoms with van der Waals surface area (Å²) in [5.41, 5.74) is 1.08. The maximum absolute atomic E-state index is 9.64. The highest BCUT2D eigenvalue weighted by molar-refractivity contribution is 9.10. The molecule has 4 nitrogen and oxygen atoms in total. The molecule has 0 fully saturated rings. The molecule has 0 aliphatic rings. The van der Waals surface area contributed by atoms with Crippen LogP contribution in [0.25, 0.3) is 0 Å².